The first-order valence-corrected chi connectivity index (χ1v) is 9.92. The molecule has 2 rings (SSSR count). The first kappa shape index (κ1) is 22.3. The number of hydrogen-bond donors (Lipinski definition) is 0. The number of hydrogen-bond acceptors (Lipinski definition) is 8. The molecule has 0 aromatic heterocycles. The highest BCUT2D eigenvalue weighted by atomic mass is 32.2. The lowest BCUT2D eigenvalue weighted by Crippen LogP contribution is -2.20. The number of methoxy groups -OCH3 is 1. The van der Waals surface area contributed by atoms with E-state index in [4.69, 9.17) is 18.6 Å². The van der Waals surface area contributed by atoms with Gasteiger partial charge in [-0.2, -0.15) is 0 Å². The van der Waals surface area contributed by atoms with E-state index in [1.54, 1.807) is 6.07 Å². The highest BCUT2D eigenvalue weighted by Gasteiger charge is 2.20. The van der Waals surface area contributed by atoms with Crippen molar-refractivity contribution in [3.8, 4) is 5.75 Å². The SMILES string of the molecule is CO/N=C(/C(=O)OC)c1cccc(C)c1CO/N=C(\C)c1cccc(OSC)c1. The van der Waals surface area contributed by atoms with Gasteiger partial charge in [0, 0.05) is 22.9 Å². The molecule has 0 heterocycles. The molecule has 0 atom stereocenters. The van der Waals surface area contributed by atoms with Crippen molar-refractivity contribution in [2.75, 3.05) is 20.5 Å². The molecule has 154 valence electrons. The minimum absolute atomic E-state index is 0.0694. The van der Waals surface area contributed by atoms with E-state index >= 15 is 0 Å². The van der Waals surface area contributed by atoms with Gasteiger partial charge in [-0.1, -0.05) is 40.6 Å². The summed E-state index contributed by atoms with van der Waals surface area (Å²) in [5, 5.41) is 8.03. The average molecular weight is 416 g/mol. The fourth-order valence-corrected chi connectivity index (χ4v) is 2.91. The summed E-state index contributed by atoms with van der Waals surface area (Å²) >= 11 is 1.27. The summed E-state index contributed by atoms with van der Waals surface area (Å²) < 4.78 is 10.3. The normalized spacial score (nSPS) is 11.8. The molecule has 29 heavy (non-hydrogen) atoms. The summed E-state index contributed by atoms with van der Waals surface area (Å²) in [7, 11) is 2.67. The van der Waals surface area contributed by atoms with Crippen LogP contribution in [-0.2, 0) is 25.8 Å². The Hall–Kier alpha value is -3.00. The molecule has 0 aliphatic rings. The van der Waals surface area contributed by atoms with Crippen molar-refractivity contribution < 1.29 is 23.4 Å². The molecule has 0 saturated heterocycles. The molecule has 0 unspecified atom stereocenters. The van der Waals surface area contributed by atoms with Gasteiger partial charge in [0.1, 0.15) is 19.5 Å². The van der Waals surface area contributed by atoms with Crippen molar-refractivity contribution in [3.63, 3.8) is 0 Å². The molecule has 2 aromatic carbocycles. The fourth-order valence-electron chi connectivity index (χ4n) is 2.62. The van der Waals surface area contributed by atoms with E-state index in [9.17, 15) is 4.79 Å². The Morgan fingerprint density at radius 3 is 2.55 bits per heavy atom. The Bertz CT molecular complexity index is 912. The third-order valence-corrected chi connectivity index (χ3v) is 4.43. The number of rotatable bonds is 9. The molecule has 0 N–H and O–H groups in total. The zero-order chi connectivity index (χ0) is 21.2. The number of carbonyl (C=O) groups is 1. The van der Waals surface area contributed by atoms with Crippen LogP contribution in [0.5, 0.6) is 5.75 Å². The molecule has 0 aliphatic heterocycles. The molecule has 0 spiro atoms. The number of nitrogens with zero attached hydrogens (tertiary/aromatic N) is 2. The summed E-state index contributed by atoms with van der Waals surface area (Å²) in [6.45, 7) is 3.92. The van der Waals surface area contributed by atoms with E-state index in [2.05, 4.69) is 10.3 Å². The zero-order valence-corrected chi connectivity index (χ0v) is 17.9. The number of carbonyl (C=O) groups excluding carboxylic acids is 1. The van der Waals surface area contributed by atoms with Crippen molar-refractivity contribution in [2.24, 2.45) is 10.3 Å². The second kappa shape index (κ2) is 11.1. The van der Waals surface area contributed by atoms with Gasteiger partial charge in [-0.15, -0.1) is 0 Å². The molecule has 0 fully saturated rings. The number of esters is 1. The van der Waals surface area contributed by atoms with Gasteiger partial charge in [0.2, 0.25) is 0 Å². The molecular formula is C21H24N2O5S. The van der Waals surface area contributed by atoms with Crippen LogP contribution in [0.4, 0.5) is 0 Å². The van der Waals surface area contributed by atoms with Gasteiger partial charge < -0.3 is 18.6 Å². The summed E-state index contributed by atoms with van der Waals surface area (Å²) in [5.74, 6) is 0.147. The summed E-state index contributed by atoms with van der Waals surface area (Å²) in [6.07, 6.45) is 1.85. The molecule has 7 nitrogen and oxygen atoms in total. The molecule has 0 amide bonds. The van der Waals surface area contributed by atoms with Crippen LogP contribution in [0.25, 0.3) is 0 Å². The third-order valence-electron chi connectivity index (χ3n) is 4.07. The number of ether oxygens (including phenoxy) is 1. The van der Waals surface area contributed by atoms with Crippen LogP contribution in [-0.4, -0.2) is 37.9 Å². The Balaban J connectivity index is 2.24. The van der Waals surface area contributed by atoms with Crippen LogP contribution in [0.3, 0.4) is 0 Å². The van der Waals surface area contributed by atoms with Crippen LogP contribution in [0.1, 0.15) is 29.2 Å². The van der Waals surface area contributed by atoms with Gasteiger partial charge in [-0.05, 0) is 31.5 Å². The monoisotopic (exact) mass is 416 g/mol. The minimum Gasteiger partial charge on any atom is -0.464 e. The van der Waals surface area contributed by atoms with Crippen LogP contribution in [0.2, 0.25) is 0 Å². The van der Waals surface area contributed by atoms with E-state index in [1.807, 2.05) is 56.5 Å². The molecule has 2 aromatic rings. The maximum Gasteiger partial charge on any atom is 0.360 e. The van der Waals surface area contributed by atoms with Crippen LogP contribution >= 0.6 is 12.0 Å². The number of aryl methyl sites for hydroxylation is 1. The summed E-state index contributed by atoms with van der Waals surface area (Å²) in [4.78, 5) is 22.5. The van der Waals surface area contributed by atoms with Gasteiger partial charge in [-0.25, -0.2) is 4.79 Å². The standard InChI is InChI=1S/C21H24N2O5S/c1-14-8-6-11-18(20(23-26-4)21(24)25-3)19(14)13-27-22-15(2)16-9-7-10-17(12-16)28-29-5/h6-12H,13H2,1-5H3/b22-15+,23-20+. The molecule has 0 radical (unpaired) electrons. The summed E-state index contributed by atoms with van der Waals surface area (Å²) in [5.41, 5.74) is 3.92. The largest absolute Gasteiger partial charge is 0.464 e. The highest BCUT2D eigenvalue weighted by molar-refractivity contribution is 7.94. The van der Waals surface area contributed by atoms with Crippen LogP contribution in [0.15, 0.2) is 52.8 Å². The van der Waals surface area contributed by atoms with Crippen LogP contribution in [0, 0.1) is 6.92 Å². The molecule has 0 saturated carbocycles. The molecular weight excluding hydrogens is 392 g/mol. The molecule has 8 heteroatoms. The Kier molecular flexibility index (Phi) is 8.54. The second-order valence-electron chi connectivity index (χ2n) is 5.94. The lowest BCUT2D eigenvalue weighted by molar-refractivity contribution is -0.132. The maximum atomic E-state index is 12.1. The van der Waals surface area contributed by atoms with Crippen molar-refractivity contribution in [1.29, 1.82) is 0 Å². The topological polar surface area (TPSA) is 78.7 Å². The maximum absolute atomic E-state index is 12.1. The first-order valence-electron chi connectivity index (χ1n) is 8.77. The average Bonchev–Trinajstić information content (AvgIpc) is 2.73. The van der Waals surface area contributed by atoms with Gasteiger partial charge in [-0.3, -0.25) is 0 Å². The van der Waals surface area contributed by atoms with E-state index < -0.39 is 5.97 Å². The minimum atomic E-state index is -0.594. The molecule has 0 bridgehead atoms. The number of benzene rings is 2. The smallest absolute Gasteiger partial charge is 0.360 e. The predicted octanol–water partition coefficient (Wildman–Crippen LogP) is 4.12. The van der Waals surface area contributed by atoms with E-state index in [0.717, 1.165) is 22.4 Å². The Morgan fingerprint density at radius 1 is 1.10 bits per heavy atom. The Labute approximate surface area is 174 Å². The van der Waals surface area contributed by atoms with E-state index in [1.165, 1.54) is 26.3 Å². The lowest BCUT2D eigenvalue weighted by atomic mass is 9.99. The first-order chi connectivity index (χ1) is 14.0. The van der Waals surface area contributed by atoms with Crippen molar-refractivity contribution >= 4 is 29.4 Å². The fraction of sp³-hybridized carbons (Fsp3) is 0.286. The van der Waals surface area contributed by atoms with Gasteiger partial charge in [0.05, 0.1) is 24.9 Å². The summed E-state index contributed by atoms with van der Waals surface area (Å²) in [6, 6.07) is 13.1. The van der Waals surface area contributed by atoms with Gasteiger partial charge >= 0.3 is 5.97 Å². The Morgan fingerprint density at radius 2 is 1.86 bits per heavy atom. The van der Waals surface area contributed by atoms with Crippen molar-refractivity contribution in [3.05, 3.63) is 64.7 Å². The lowest BCUT2D eigenvalue weighted by Gasteiger charge is -2.12. The number of oxime groups is 2. The third kappa shape index (κ3) is 5.99. The van der Waals surface area contributed by atoms with Gasteiger partial charge in [0.25, 0.3) is 0 Å². The second-order valence-corrected chi connectivity index (χ2v) is 6.44. The molecule has 0 aliphatic carbocycles. The van der Waals surface area contributed by atoms with Crippen molar-refractivity contribution in [2.45, 2.75) is 20.5 Å². The predicted molar refractivity (Wildman–Crippen MR) is 114 cm³/mol. The van der Waals surface area contributed by atoms with E-state index in [0.29, 0.717) is 11.3 Å². The zero-order valence-electron chi connectivity index (χ0n) is 17.1. The van der Waals surface area contributed by atoms with Crippen molar-refractivity contribution in [1.82, 2.24) is 0 Å². The quantitative estimate of drug-likeness (QED) is 0.265. The van der Waals surface area contributed by atoms with Gasteiger partial charge in [0.15, 0.2) is 5.71 Å². The van der Waals surface area contributed by atoms with E-state index in [-0.39, 0.29) is 12.3 Å². The van der Waals surface area contributed by atoms with Crippen LogP contribution < -0.4 is 4.18 Å². The highest BCUT2D eigenvalue weighted by Crippen LogP contribution is 2.19.